The quantitative estimate of drug-likeness (QED) is 0.426. The number of carbonyl (C=O) groups excluding carboxylic acids is 1. The van der Waals surface area contributed by atoms with Crippen LogP contribution in [0.3, 0.4) is 0 Å². The highest BCUT2D eigenvalue weighted by Crippen LogP contribution is 2.27. The first-order valence-electron chi connectivity index (χ1n) is 9.93. The molecule has 7 heteroatoms. The number of hydrogen-bond donors (Lipinski definition) is 2. The number of hydrogen-bond acceptors (Lipinski definition) is 4. The highest BCUT2D eigenvalue weighted by atomic mass is 32.2. The Labute approximate surface area is 186 Å². The van der Waals surface area contributed by atoms with E-state index < -0.39 is 10.0 Å². The molecule has 0 aromatic heterocycles. The van der Waals surface area contributed by atoms with E-state index in [4.69, 9.17) is 4.74 Å². The van der Waals surface area contributed by atoms with Crippen molar-refractivity contribution in [3.63, 3.8) is 0 Å². The Bertz CT molecular complexity index is 1380. The van der Waals surface area contributed by atoms with Crippen molar-refractivity contribution in [2.24, 2.45) is 0 Å². The predicted octanol–water partition coefficient (Wildman–Crippen LogP) is 5.21. The van der Waals surface area contributed by atoms with Crippen molar-refractivity contribution < 1.29 is 17.9 Å². The third-order valence-corrected chi connectivity index (χ3v) is 6.44. The first kappa shape index (κ1) is 21.4. The van der Waals surface area contributed by atoms with Gasteiger partial charge >= 0.3 is 0 Å². The maximum Gasteiger partial charge on any atom is 0.261 e. The second-order valence-electron chi connectivity index (χ2n) is 7.35. The molecule has 4 aromatic carbocycles. The lowest BCUT2D eigenvalue weighted by atomic mass is 10.1. The monoisotopic (exact) mass is 446 g/mol. The fourth-order valence-corrected chi connectivity index (χ4v) is 4.38. The van der Waals surface area contributed by atoms with Crippen LogP contribution in [-0.2, 0) is 10.0 Å². The predicted molar refractivity (Wildman–Crippen MR) is 127 cm³/mol. The highest BCUT2D eigenvalue weighted by molar-refractivity contribution is 7.92. The van der Waals surface area contributed by atoms with Gasteiger partial charge in [0.1, 0.15) is 5.75 Å². The second kappa shape index (κ2) is 8.72. The number of anilines is 2. The van der Waals surface area contributed by atoms with Gasteiger partial charge in [0.2, 0.25) is 0 Å². The molecule has 0 radical (unpaired) electrons. The van der Waals surface area contributed by atoms with Crippen LogP contribution in [0.15, 0.2) is 89.8 Å². The van der Waals surface area contributed by atoms with E-state index >= 15 is 0 Å². The molecule has 0 spiro atoms. The lowest BCUT2D eigenvalue weighted by Crippen LogP contribution is -2.15. The van der Waals surface area contributed by atoms with Crippen LogP contribution >= 0.6 is 0 Å². The van der Waals surface area contributed by atoms with E-state index in [0.717, 1.165) is 16.3 Å². The molecular formula is C25H22N2O4S. The number of carbonyl (C=O) groups is 1. The van der Waals surface area contributed by atoms with Crippen molar-refractivity contribution in [3.8, 4) is 5.75 Å². The van der Waals surface area contributed by atoms with Crippen LogP contribution in [0.4, 0.5) is 11.4 Å². The number of benzene rings is 4. The summed E-state index contributed by atoms with van der Waals surface area (Å²) in [5, 5.41) is 4.69. The Hall–Kier alpha value is -3.84. The van der Waals surface area contributed by atoms with E-state index in [9.17, 15) is 13.2 Å². The Kier molecular flexibility index (Phi) is 5.83. The van der Waals surface area contributed by atoms with E-state index in [1.165, 1.54) is 19.2 Å². The van der Waals surface area contributed by atoms with E-state index in [0.29, 0.717) is 22.7 Å². The maximum atomic E-state index is 12.9. The van der Waals surface area contributed by atoms with Crippen LogP contribution in [0.5, 0.6) is 5.75 Å². The van der Waals surface area contributed by atoms with Crippen molar-refractivity contribution in [2.75, 3.05) is 17.1 Å². The van der Waals surface area contributed by atoms with Gasteiger partial charge in [-0.2, -0.15) is 0 Å². The highest BCUT2D eigenvalue weighted by Gasteiger charge is 2.16. The molecule has 6 nitrogen and oxygen atoms in total. The molecule has 0 unspecified atom stereocenters. The summed E-state index contributed by atoms with van der Waals surface area (Å²) in [6.07, 6.45) is 0. The fourth-order valence-electron chi connectivity index (χ4n) is 3.32. The van der Waals surface area contributed by atoms with Gasteiger partial charge in [-0.15, -0.1) is 0 Å². The van der Waals surface area contributed by atoms with Gasteiger partial charge < -0.3 is 10.1 Å². The summed E-state index contributed by atoms with van der Waals surface area (Å²) in [7, 11) is -2.23. The zero-order valence-corrected chi connectivity index (χ0v) is 18.4. The molecule has 4 aromatic rings. The van der Waals surface area contributed by atoms with Crippen molar-refractivity contribution >= 4 is 38.1 Å². The van der Waals surface area contributed by atoms with Gasteiger partial charge in [0.25, 0.3) is 15.9 Å². The first-order valence-corrected chi connectivity index (χ1v) is 11.4. The van der Waals surface area contributed by atoms with Crippen LogP contribution in [0, 0.1) is 6.92 Å². The van der Waals surface area contributed by atoms with E-state index in [-0.39, 0.29) is 10.8 Å². The minimum atomic E-state index is -3.74. The van der Waals surface area contributed by atoms with Gasteiger partial charge in [0, 0.05) is 11.4 Å². The number of ether oxygens (including phenoxy) is 1. The zero-order valence-electron chi connectivity index (χ0n) is 17.6. The Morgan fingerprint density at radius 1 is 0.812 bits per heavy atom. The number of amides is 1. The Morgan fingerprint density at radius 2 is 1.41 bits per heavy atom. The number of sulfonamides is 1. The van der Waals surface area contributed by atoms with Crippen LogP contribution < -0.4 is 14.8 Å². The molecule has 4 rings (SSSR count). The second-order valence-corrected chi connectivity index (χ2v) is 9.03. The minimum Gasteiger partial charge on any atom is -0.496 e. The van der Waals surface area contributed by atoms with Gasteiger partial charge in [-0.05, 0) is 66.2 Å². The Balaban J connectivity index is 1.53. The van der Waals surface area contributed by atoms with Crippen LogP contribution in [0.25, 0.3) is 10.8 Å². The van der Waals surface area contributed by atoms with Gasteiger partial charge in [0.15, 0.2) is 0 Å². The summed E-state index contributed by atoms with van der Waals surface area (Å²) in [5.74, 6) is 0.115. The molecule has 0 fully saturated rings. The molecule has 0 saturated carbocycles. The average molecular weight is 447 g/mol. The lowest BCUT2D eigenvalue weighted by molar-refractivity contribution is 0.102. The van der Waals surface area contributed by atoms with E-state index in [2.05, 4.69) is 10.0 Å². The standard InChI is InChI=1S/C25H22N2O4S/c1-17-7-9-21(10-8-17)27-32(29,30)22-13-11-20(12-14-22)26-25(28)23-15-18-5-3-4-6-19(18)16-24(23)31-2/h3-16,27H,1-2H3,(H,26,28). The van der Waals surface area contributed by atoms with E-state index in [1.54, 1.807) is 30.3 Å². The molecule has 0 heterocycles. The minimum absolute atomic E-state index is 0.0966. The SMILES string of the molecule is COc1cc2ccccc2cc1C(=O)Nc1ccc(S(=O)(=O)Nc2ccc(C)cc2)cc1. The van der Waals surface area contributed by atoms with Gasteiger partial charge in [-0.3, -0.25) is 9.52 Å². The van der Waals surface area contributed by atoms with Crippen molar-refractivity contribution in [3.05, 3.63) is 96.1 Å². The van der Waals surface area contributed by atoms with Crippen molar-refractivity contribution in [1.82, 2.24) is 0 Å². The van der Waals surface area contributed by atoms with Crippen molar-refractivity contribution in [1.29, 1.82) is 0 Å². The van der Waals surface area contributed by atoms with Gasteiger partial charge in [-0.25, -0.2) is 8.42 Å². The summed E-state index contributed by atoms with van der Waals surface area (Å²) in [6, 6.07) is 24.4. The summed E-state index contributed by atoms with van der Waals surface area (Å²) >= 11 is 0. The smallest absolute Gasteiger partial charge is 0.261 e. The zero-order chi connectivity index (χ0) is 22.7. The molecular weight excluding hydrogens is 424 g/mol. The summed E-state index contributed by atoms with van der Waals surface area (Å²) in [4.78, 5) is 13.0. The number of nitrogens with one attached hydrogen (secondary N) is 2. The molecule has 0 bridgehead atoms. The first-order chi connectivity index (χ1) is 15.4. The van der Waals surface area contributed by atoms with Crippen molar-refractivity contribution in [2.45, 2.75) is 11.8 Å². The van der Waals surface area contributed by atoms with Crippen LogP contribution in [-0.4, -0.2) is 21.4 Å². The third-order valence-electron chi connectivity index (χ3n) is 5.04. The topological polar surface area (TPSA) is 84.5 Å². The number of aryl methyl sites for hydroxylation is 1. The van der Waals surface area contributed by atoms with Crippen LogP contribution in [0.2, 0.25) is 0 Å². The van der Waals surface area contributed by atoms with Crippen LogP contribution in [0.1, 0.15) is 15.9 Å². The molecule has 2 N–H and O–H groups in total. The molecule has 0 aliphatic carbocycles. The molecule has 0 aliphatic rings. The molecule has 32 heavy (non-hydrogen) atoms. The molecule has 0 saturated heterocycles. The number of methoxy groups -OCH3 is 1. The summed E-state index contributed by atoms with van der Waals surface area (Å²) in [6.45, 7) is 1.93. The molecule has 1 amide bonds. The van der Waals surface area contributed by atoms with Gasteiger partial charge in [0.05, 0.1) is 17.6 Å². The maximum absolute atomic E-state index is 12.9. The van der Waals surface area contributed by atoms with E-state index in [1.807, 2.05) is 49.4 Å². The normalized spacial score (nSPS) is 11.2. The largest absolute Gasteiger partial charge is 0.496 e. The molecule has 162 valence electrons. The summed E-state index contributed by atoms with van der Waals surface area (Å²) < 4.78 is 33.2. The summed E-state index contributed by atoms with van der Waals surface area (Å²) in [5.41, 5.74) is 2.39. The lowest BCUT2D eigenvalue weighted by Gasteiger charge is -2.12. The number of rotatable bonds is 6. The van der Waals surface area contributed by atoms with Gasteiger partial charge in [-0.1, -0.05) is 42.0 Å². The Morgan fingerprint density at radius 3 is 2.03 bits per heavy atom. The number of fused-ring (bicyclic) bond motifs is 1. The third kappa shape index (κ3) is 4.58. The molecule has 0 aliphatic heterocycles. The average Bonchev–Trinajstić information content (AvgIpc) is 2.80. The molecule has 0 atom stereocenters. The fraction of sp³-hybridized carbons (Fsp3) is 0.0800.